The summed E-state index contributed by atoms with van der Waals surface area (Å²) in [5, 5.41) is 2.72. The number of aliphatic imine (C=N–C) groups is 1. The minimum Gasteiger partial charge on any atom is -0.325 e. The maximum Gasteiger partial charge on any atom is 0.516 e. The van der Waals surface area contributed by atoms with Gasteiger partial charge in [-0.2, -0.15) is 21.6 Å². The van der Waals surface area contributed by atoms with Gasteiger partial charge in [0.2, 0.25) is 5.91 Å². The van der Waals surface area contributed by atoms with Crippen molar-refractivity contribution in [1.82, 2.24) is 4.90 Å². The predicted molar refractivity (Wildman–Crippen MR) is 142 cm³/mol. The van der Waals surface area contributed by atoms with Crippen LogP contribution in [0.25, 0.3) is 0 Å². The molecule has 0 spiro atoms. The van der Waals surface area contributed by atoms with Gasteiger partial charge in [-0.1, -0.05) is 56.3 Å². The van der Waals surface area contributed by atoms with Gasteiger partial charge < -0.3 is 5.32 Å². The predicted octanol–water partition coefficient (Wildman–Crippen LogP) is 5.65. The first-order chi connectivity index (χ1) is 18.0. The Labute approximate surface area is 219 Å². The molecule has 0 saturated carbocycles. The minimum absolute atomic E-state index is 0.309. The number of carbonyl (C=O) groups is 1. The van der Waals surface area contributed by atoms with Gasteiger partial charge in [0.25, 0.3) is 0 Å². The van der Waals surface area contributed by atoms with Crippen molar-refractivity contribution in [1.29, 1.82) is 0 Å². The first-order valence-electron chi connectivity index (χ1n) is 12.0. The van der Waals surface area contributed by atoms with E-state index in [0.29, 0.717) is 28.2 Å². The molecule has 1 heterocycles. The lowest BCUT2D eigenvalue weighted by Crippen LogP contribution is -2.30. The molecule has 7 nitrogen and oxygen atoms in total. The van der Waals surface area contributed by atoms with Crippen molar-refractivity contribution in [3.8, 4) is 0 Å². The Morgan fingerprint density at radius 1 is 1.00 bits per heavy atom. The van der Waals surface area contributed by atoms with E-state index in [0.717, 1.165) is 25.2 Å². The monoisotopic (exact) mass is 544 g/mol. The van der Waals surface area contributed by atoms with Gasteiger partial charge >= 0.3 is 15.5 Å². The molecule has 0 aliphatic carbocycles. The van der Waals surface area contributed by atoms with Crippen LogP contribution in [0.2, 0.25) is 0 Å². The zero-order valence-corrected chi connectivity index (χ0v) is 21.6. The van der Waals surface area contributed by atoms with Crippen LogP contribution < -0.4 is 10.0 Å². The molecule has 0 fully saturated rings. The van der Waals surface area contributed by atoms with Crippen LogP contribution in [-0.2, 0) is 21.4 Å². The van der Waals surface area contributed by atoms with Gasteiger partial charge in [-0.3, -0.25) is 19.4 Å². The zero-order chi connectivity index (χ0) is 27.5. The molecule has 1 aliphatic rings. The molecular formula is C27H27F3N4O3S. The number of hydrogen-bond donors (Lipinski definition) is 2. The van der Waals surface area contributed by atoms with Gasteiger partial charge in [0.05, 0.1) is 11.4 Å². The van der Waals surface area contributed by atoms with Crippen LogP contribution in [0.4, 0.5) is 30.2 Å². The van der Waals surface area contributed by atoms with Crippen molar-refractivity contribution in [2.24, 2.45) is 4.99 Å². The lowest BCUT2D eigenvalue weighted by molar-refractivity contribution is -0.115. The lowest BCUT2D eigenvalue weighted by Gasteiger charge is -2.18. The number of carbonyl (C=O) groups excluding carboxylic acids is 1. The average Bonchev–Trinajstić information content (AvgIpc) is 3.21. The van der Waals surface area contributed by atoms with Gasteiger partial charge in [-0.05, 0) is 60.1 Å². The lowest BCUT2D eigenvalue weighted by atomic mass is 9.90. The number of anilines is 2. The van der Waals surface area contributed by atoms with E-state index in [1.807, 2.05) is 30.3 Å². The van der Waals surface area contributed by atoms with Crippen molar-refractivity contribution in [3.63, 3.8) is 0 Å². The quantitative estimate of drug-likeness (QED) is 0.341. The number of benzene rings is 3. The van der Waals surface area contributed by atoms with Crippen LogP contribution in [0.15, 0.2) is 77.8 Å². The van der Waals surface area contributed by atoms with Crippen LogP contribution in [0.1, 0.15) is 36.5 Å². The number of hydrogen-bond acceptors (Lipinski definition) is 5. The fourth-order valence-corrected chi connectivity index (χ4v) is 4.79. The molecule has 0 aromatic heterocycles. The van der Waals surface area contributed by atoms with Crippen molar-refractivity contribution in [2.75, 3.05) is 23.1 Å². The van der Waals surface area contributed by atoms with E-state index in [9.17, 15) is 26.4 Å². The fraction of sp³-hybridized carbons (Fsp3) is 0.259. The molecule has 2 N–H and O–H groups in total. The smallest absolute Gasteiger partial charge is 0.325 e. The third-order valence-corrected chi connectivity index (χ3v) is 7.38. The second-order valence-electron chi connectivity index (χ2n) is 8.77. The number of alkyl halides is 3. The molecule has 200 valence electrons. The Morgan fingerprint density at radius 3 is 2.26 bits per heavy atom. The van der Waals surface area contributed by atoms with Crippen molar-refractivity contribution in [3.05, 3.63) is 89.5 Å². The molecule has 1 unspecified atom stereocenters. The first kappa shape index (κ1) is 27.3. The number of rotatable bonds is 9. The molecule has 1 aliphatic heterocycles. The minimum atomic E-state index is -5.63. The van der Waals surface area contributed by atoms with Gasteiger partial charge in [-0.25, -0.2) is 0 Å². The largest absolute Gasteiger partial charge is 0.516 e. The molecular weight excluding hydrogens is 517 g/mol. The standard InChI is InChI=1S/C27H27F3N4O3S/c1-3-34(4-2)17-18-10-12-20(13-11-18)31-25(19-8-6-5-7-9-19)24-22-16-21(14-15-23(22)32-26(24)35)33-38(36,37)27(28,29)30/h5-16,24,33H,3-4,17H2,1-2H3,(H,32,35). The maximum atomic E-state index is 13.1. The van der Waals surface area contributed by atoms with E-state index >= 15 is 0 Å². The van der Waals surface area contributed by atoms with Crippen LogP contribution in [0.3, 0.4) is 0 Å². The molecule has 1 amide bonds. The second-order valence-corrected chi connectivity index (χ2v) is 10.4. The normalized spacial score (nSPS) is 15.9. The summed E-state index contributed by atoms with van der Waals surface area (Å²) in [5.74, 6) is -1.39. The third kappa shape index (κ3) is 5.89. The molecule has 11 heteroatoms. The van der Waals surface area contributed by atoms with E-state index in [1.165, 1.54) is 18.2 Å². The van der Waals surface area contributed by atoms with Crippen LogP contribution in [-0.4, -0.2) is 43.5 Å². The van der Waals surface area contributed by atoms with Crippen molar-refractivity contribution >= 4 is 38.7 Å². The van der Waals surface area contributed by atoms with Gasteiger partial charge in [0, 0.05) is 17.9 Å². The Balaban J connectivity index is 1.74. The van der Waals surface area contributed by atoms with Crippen molar-refractivity contribution in [2.45, 2.75) is 31.8 Å². The number of fused-ring (bicyclic) bond motifs is 1. The van der Waals surface area contributed by atoms with Gasteiger partial charge in [0.15, 0.2) is 0 Å². The summed E-state index contributed by atoms with van der Waals surface area (Å²) >= 11 is 0. The number of nitrogens with one attached hydrogen (secondary N) is 2. The van der Waals surface area contributed by atoms with E-state index in [2.05, 4.69) is 24.1 Å². The number of nitrogens with zero attached hydrogens (tertiary/aromatic N) is 2. The Bertz CT molecular complexity index is 1440. The molecule has 3 aromatic carbocycles. The van der Waals surface area contributed by atoms with E-state index in [-0.39, 0.29) is 5.69 Å². The highest BCUT2D eigenvalue weighted by molar-refractivity contribution is 7.93. The summed E-state index contributed by atoms with van der Waals surface area (Å²) in [6, 6.07) is 20.4. The Morgan fingerprint density at radius 2 is 1.66 bits per heavy atom. The SMILES string of the molecule is CCN(CC)Cc1ccc(N=C(c2ccccc2)C2C(=O)Nc3ccc(NS(=O)(=O)C(F)(F)F)cc32)cc1. The Hall–Kier alpha value is -3.70. The highest BCUT2D eigenvalue weighted by atomic mass is 32.2. The highest BCUT2D eigenvalue weighted by Crippen LogP contribution is 2.38. The number of halogens is 3. The number of sulfonamides is 1. The molecule has 4 rings (SSSR count). The van der Waals surface area contributed by atoms with Crippen LogP contribution in [0, 0.1) is 0 Å². The first-order valence-corrected chi connectivity index (χ1v) is 13.5. The van der Waals surface area contributed by atoms with Crippen LogP contribution in [0.5, 0.6) is 0 Å². The molecule has 0 bridgehead atoms. The fourth-order valence-electron chi connectivity index (χ4n) is 4.23. The zero-order valence-electron chi connectivity index (χ0n) is 20.8. The molecule has 38 heavy (non-hydrogen) atoms. The van der Waals surface area contributed by atoms with Crippen LogP contribution >= 0.6 is 0 Å². The topological polar surface area (TPSA) is 90.9 Å². The molecule has 1 atom stereocenters. The summed E-state index contributed by atoms with van der Waals surface area (Å²) in [5.41, 5.74) is -2.36. The molecule has 0 saturated heterocycles. The molecule has 3 aromatic rings. The van der Waals surface area contributed by atoms with E-state index in [1.54, 1.807) is 29.0 Å². The second kappa shape index (κ2) is 11.0. The number of amides is 1. The van der Waals surface area contributed by atoms with Gasteiger partial charge in [-0.15, -0.1) is 0 Å². The summed E-state index contributed by atoms with van der Waals surface area (Å²) in [6.45, 7) is 6.83. The highest BCUT2D eigenvalue weighted by Gasteiger charge is 2.46. The third-order valence-electron chi connectivity index (χ3n) is 6.27. The maximum absolute atomic E-state index is 13.1. The van der Waals surface area contributed by atoms with E-state index < -0.39 is 27.4 Å². The summed E-state index contributed by atoms with van der Waals surface area (Å²) in [6.07, 6.45) is 0. The van der Waals surface area contributed by atoms with Crippen molar-refractivity contribution < 1.29 is 26.4 Å². The van der Waals surface area contributed by atoms with Gasteiger partial charge in [0.1, 0.15) is 5.92 Å². The Kier molecular flexibility index (Phi) is 7.89. The summed E-state index contributed by atoms with van der Waals surface area (Å²) < 4.78 is 63.6. The van der Waals surface area contributed by atoms with E-state index in [4.69, 9.17) is 4.99 Å². The summed E-state index contributed by atoms with van der Waals surface area (Å²) in [7, 11) is -5.63. The molecule has 0 radical (unpaired) electrons. The average molecular weight is 545 g/mol. The summed E-state index contributed by atoms with van der Waals surface area (Å²) in [4.78, 5) is 20.2.